The van der Waals surface area contributed by atoms with Gasteiger partial charge in [-0.15, -0.1) is 0 Å². The van der Waals surface area contributed by atoms with Gasteiger partial charge in [-0.25, -0.2) is 0 Å². The van der Waals surface area contributed by atoms with E-state index in [-0.39, 0.29) is 9.16 Å². The molecular weight excluding hydrogens is 296 g/mol. The fourth-order valence-electron chi connectivity index (χ4n) is 2.07. The summed E-state index contributed by atoms with van der Waals surface area (Å²) < 4.78 is 0.554. The molecule has 0 aliphatic heterocycles. The van der Waals surface area contributed by atoms with Crippen molar-refractivity contribution in [2.45, 2.75) is 86.2 Å². The third kappa shape index (κ3) is 17.4. The van der Waals surface area contributed by atoms with Crippen molar-refractivity contribution in [3.63, 3.8) is 0 Å². The summed E-state index contributed by atoms with van der Waals surface area (Å²) in [6.07, 6.45) is 15.9. The zero-order chi connectivity index (χ0) is 13.6. The first-order chi connectivity index (χ1) is 8.63. The van der Waals surface area contributed by atoms with Gasteiger partial charge in [-0.2, -0.15) is 50.5 Å². The highest BCUT2D eigenvalue weighted by atomic mass is 32.2. The fraction of sp³-hybridized carbons (Fsp3) is 1.00. The molecule has 0 atom stereocenters. The lowest BCUT2D eigenvalue weighted by molar-refractivity contribution is 0.547. The number of unbranched alkanes of at least 4 members (excludes halogenated alkanes) is 9. The predicted molar refractivity (Wildman–Crippen MR) is 98.9 cm³/mol. The van der Waals surface area contributed by atoms with E-state index >= 15 is 0 Å². The number of thiol groups is 4. The van der Waals surface area contributed by atoms with Gasteiger partial charge in [0.25, 0.3) is 0 Å². The molecule has 0 aromatic heterocycles. The highest BCUT2D eigenvalue weighted by Crippen LogP contribution is 2.16. The Morgan fingerprint density at radius 1 is 0.389 bits per heavy atom. The van der Waals surface area contributed by atoms with Gasteiger partial charge in [-0.1, -0.05) is 64.2 Å². The number of hydrogen-bond donors (Lipinski definition) is 4. The van der Waals surface area contributed by atoms with Crippen LogP contribution in [0.3, 0.4) is 0 Å². The summed E-state index contributed by atoms with van der Waals surface area (Å²) in [6.45, 7) is 0. The standard InChI is InChI=1S/C14H30S4/c15-13(16)11-9-7-5-3-1-2-4-6-8-10-12-14(17)18/h13-18H,1-12H2. The molecule has 0 saturated heterocycles. The first-order valence-corrected chi connectivity index (χ1v) is 9.41. The maximum Gasteiger partial charge on any atom is 0.0442 e. The zero-order valence-electron chi connectivity index (χ0n) is 11.4. The molecule has 0 aliphatic carbocycles. The second-order valence-corrected chi connectivity index (χ2v) is 8.38. The molecule has 0 unspecified atom stereocenters. The molecule has 0 aliphatic rings. The van der Waals surface area contributed by atoms with Crippen LogP contribution in [0.15, 0.2) is 0 Å². The Labute approximate surface area is 136 Å². The molecule has 0 spiro atoms. The van der Waals surface area contributed by atoms with E-state index in [1.165, 1.54) is 64.2 Å². The third-order valence-electron chi connectivity index (χ3n) is 3.17. The topological polar surface area (TPSA) is 0 Å². The van der Waals surface area contributed by atoms with Crippen LogP contribution in [0, 0.1) is 0 Å². The monoisotopic (exact) mass is 326 g/mol. The van der Waals surface area contributed by atoms with Crippen molar-refractivity contribution in [1.82, 2.24) is 0 Å². The van der Waals surface area contributed by atoms with Crippen LogP contribution in [0.4, 0.5) is 0 Å². The van der Waals surface area contributed by atoms with Crippen molar-refractivity contribution < 1.29 is 0 Å². The van der Waals surface area contributed by atoms with Gasteiger partial charge in [0.2, 0.25) is 0 Å². The molecule has 0 aromatic carbocycles. The Hall–Kier alpha value is 1.40. The first-order valence-electron chi connectivity index (χ1n) is 7.35. The van der Waals surface area contributed by atoms with E-state index in [9.17, 15) is 0 Å². The molecule has 0 aromatic rings. The van der Waals surface area contributed by atoms with Crippen LogP contribution >= 0.6 is 50.5 Å². The normalized spacial score (nSPS) is 11.7. The van der Waals surface area contributed by atoms with Gasteiger partial charge in [0.15, 0.2) is 0 Å². The van der Waals surface area contributed by atoms with Gasteiger partial charge in [-0.3, -0.25) is 0 Å². The van der Waals surface area contributed by atoms with Crippen molar-refractivity contribution in [2.75, 3.05) is 0 Å². The van der Waals surface area contributed by atoms with Crippen LogP contribution < -0.4 is 0 Å². The molecule has 0 nitrogen and oxygen atoms in total. The predicted octanol–water partition coefficient (Wildman–Crippen LogP) is 6.04. The Balaban J connectivity index is 2.95. The molecule has 110 valence electrons. The Kier molecular flexibility index (Phi) is 16.0. The molecule has 18 heavy (non-hydrogen) atoms. The quantitative estimate of drug-likeness (QED) is 0.177. The summed E-state index contributed by atoms with van der Waals surface area (Å²) >= 11 is 17.1. The lowest BCUT2D eigenvalue weighted by Crippen LogP contribution is -1.88. The van der Waals surface area contributed by atoms with Crippen LogP contribution in [0.25, 0.3) is 0 Å². The van der Waals surface area contributed by atoms with E-state index in [0.29, 0.717) is 0 Å². The van der Waals surface area contributed by atoms with Gasteiger partial charge in [0.05, 0.1) is 0 Å². The summed E-state index contributed by atoms with van der Waals surface area (Å²) in [6, 6.07) is 0. The molecular formula is C14H30S4. The molecule has 0 heterocycles. The van der Waals surface area contributed by atoms with Crippen LogP contribution in [-0.2, 0) is 0 Å². The second kappa shape index (κ2) is 14.8. The second-order valence-electron chi connectivity index (χ2n) is 5.07. The minimum atomic E-state index is 0.277. The molecule has 0 bridgehead atoms. The summed E-state index contributed by atoms with van der Waals surface area (Å²) in [5.41, 5.74) is 0. The number of rotatable bonds is 13. The van der Waals surface area contributed by atoms with E-state index in [4.69, 9.17) is 0 Å². The third-order valence-corrected chi connectivity index (χ3v) is 4.21. The van der Waals surface area contributed by atoms with E-state index in [2.05, 4.69) is 50.5 Å². The van der Waals surface area contributed by atoms with Crippen molar-refractivity contribution in [1.29, 1.82) is 0 Å². The van der Waals surface area contributed by atoms with E-state index < -0.39 is 0 Å². The van der Waals surface area contributed by atoms with E-state index in [1.54, 1.807) is 0 Å². The molecule has 0 radical (unpaired) electrons. The smallest absolute Gasteiger partial charge is 0.0442 e. The first kappa shape index (κ1) is 19.4. The Morgan fingerprint density at radius 2 is 0.611 bits per heavy atom. The van der Waals surface area contributed by atoms with Crippen LogP contribution in [0.5, 0.6) is 0 Å². The molecule has 0 N–H and O–H groups in total. The molecule has 4 heteroatoms. The van der Waals surface area contributed by atoms with Gasteiger partial charge >= 0.3 is 0 Å². The summed E-state index contributed by atoms with van der Waals surface area (Å²) in [5.74, 6) is 0. The van der Waals surface area contributed by atoms with Crippen LogP contribution in [-0.4, -0.2) is 9.16 Å². The van der Waals surface area contributed by atoms with Gasteiger partial charge in [0, 0.05) is 9.16 Å². The van der Waals surface area contributed by atoms with E-state index in [0.717, 1.165) is 12.8 Å². The van der Waals surface area contributed by atoms with Crippen molar-refractivity contribution in [3.8, 4) is 0 Å². The largest absolute Gasteiger partial charge is 0.165 e. The fourth-order valence-corrected chi connectivity index (χ4v) is 2.80. The molecule has 0 fully saturated rings. The summed E-state index contributed by atoms with van der Waals surface area (Å²) in [5, 5.41) is 0. The van der Waals surface area contributed by atoms with Crippen molar-refractivity contribution in [2.24, 2.45) is 0 Å². The molecule has 0 saturated carbocycles. The minimum Gasteiger partial charge on any atom is -0.165 e. The van der Waals surface area contributed by atoms with Crippen LogP contribution in [0.1, 0.15) is 77.0 Å². The Bertz CT molecular complexity index is 142. The van der Waals surface area contributed by atoms with Gasteiger partial charge in [0.1, 0.15) is 0 Å². The van der Waals surface area contributed by atoms with Crippen LogP contribution in [0.2, 0.25) is 0 Å². The molecule has 0 amide bonds. The summed E-state index contributed by atoms with van der Waals surface area (Å²) in [4.78, 5) is 0. The van der Waals surface area contributed by atoms with Gasteiger partial charge in [-0.05, 0) is 12.8 Å². The van der Waals surface area contributed by atoms with Crippen molar-refractivity contribution in [3.05, 3.63) is 0 Å². The van der Waals surface area contributed by atoms with Crippen molar-refractivity contribution >= 4 is 50.5 Å². The lowest BCUT2D eigenvalue weighted by Gasteiger charge is -2.04. The summed E-state index contributed by atoms with van der Waals surface area (Å²) in [7, 11) is 0. The SMILES string of the molecule is SC(S)CCCCCCCCCCCCC(S)S. The molecule has 0 rings (SSSR count). The highest BCUT2D eigenvalue weighted by molar-refractivity contribution is 7.99. The lowest BCUT2D eigenvalue weighted by atomic mass is 10.1. The van der Waals surface area contributed by atoms with E-state index in [1.807, 2.05) is 0 Å². The zero-order valence-corrected chi connectivity index (χ0v) is 15.0. The maximum absolute atomic E-state index is 4.26. The average molecular weight is 327 g/mol. The maximum atomic E-state index is 4.26. The Morgan fingerprint density at radius 3 is 0.833 bits per heavy atom. The van der Waals surface area contributed by atoms with Gasteiger partial charge < -0.3 is 0 Å². The average Bonchev–Trinajstić information content (AvgIpc) is 2.29. The highest BCUT2D eigenvalue weighted by Gasteiger charge is 1.97. The minimum absolute atomic E-state index is 0.277. The number of hydrogen-bond acceptors (Lipinski definition) is 4.